The van der Waals surface area contributed by atoms with Crippen LogP contribution >= 0.6 is 0 Å². The molecule has 2 unspecified atom stereocenters. The molecule has 0 aromatic heterocycles. The highest BCUT2D eigenvalue weighted by Gasteiger charge is 2.27. The molecule has 4 heteroatoms. The quantitative estimate of drug-likeness (QED) is 0.630. The van der Waals surface area contributed by atoms with Crippen LogP contribution in [-0.2, 0) is 0 Å². The Morgan fingerprint density at radius 3 is 1.57 bits per heavy atom. The lowest BCUT2D eigenvalue weighted by atomic mass is 10.1. The zero-order valence-corrected chi connectivity index (χ0v) is 9.45. The Kier molecular flexibility index (Phi) is 4.81. The molecule has 1 heterocycles. The molecule has 2 atom stereocenters. The lowest BCUT2D eigenvalue weighted by Gasteiger charge is -2.44. The van der Waals surface area contributed by atoms with Gasteiger partial charge in [-0.2, -0.15) is 0 Å². The Bertz CT molecular complexity index is 144. The second-order valence-corrected chi connectivity index (χ2v) is 4.27. The van der Waals surface area contributed by atoms with Crippen molar-refractivity contribution in [3.8, 4) is 0 Å². The molecule has 0 amide bonds. The third-order valence-corrected chi connectivity index (χ3v) is 3.08. The van der Waals surface area contributed by atoms with Crippen molar-refractivity contribution in [2.45, 2.75) is 25.9 Å². The normalized spacial score (nSPS) is 30.9. The van der Waals surface area contributed by atoms with Crippen molar-refractivity contribution in [1.82, 2.24) is 9.80 Å². The van der Waals surface area contributed by atoms with Crippen LogP contribution in [0, 0.1) is 0 Å². The lowest BCUT2D eigenvalue weighted by molar-refractivity contribution is 0.0470. The van der Waals surface area contributed by atoms with Crippen molar-refractivity contribution in [3.63, 3.8) is 0 Å². The van der Waals surface area contributed by atoms with Crippen molar-refractivity contribution < 1.29 is 0 Å². The Morgan fingerprint density at radius 2 is 1.29 bits per heavy atom. The maximum absolute atomic E-state index is 5.59. The summed E-state index contributed by atoms with van der Waals surface area (Å²) < 4.78 is 0. The molecule has 1 aliphatic heterocycles. The van der Waals surface area contributed by atoms with E-state index in [9.17, 15) is 0 Å². The van der Waals surface area contributed by atoms with E-state index in [0.29, 0.717) is 12.1 Å². The molecule has 0 saturated carbocycles. The molecule has 0 aliphatic carbocycles. The number of hydrogen-bond acceptors (Lipinski definition) is 4. The molecule has 1 saturated heterocycles. The van der Waals surface area contributed by atoms with Crippen molar-refractivity contribution in [2.24, 2.45) is 11.5 Å². The van der Waals surface area contributed by atoms with Gasteiger partial charge in [-0.3, -0.25) is 9.80 Å². The predicted molar refractivity (Wildman–Crippen MR) is 60.2 cm³/mol. The third kappa shape index (κ3) is 2.92. The van der Waals surface area contributed by atoms with Gasteiger partial charge in [0.05, 0.1) is 0 Å². The van der Waals surface area contributed by atoms with Crippen LogP contribution < -0.4 is 11.5 Å². The minimum atomic E-state index is 0.612. The second-order valence-electron chi connectivity index (χ2n) is 4.27. The predicted octanol–water partition coefficient (Wildman–Crippen LogP) is -0.702. The number of nitrogens with zero attached hydrogens (tertiary/aromatic N) is 2. The van der Waals surface area contributed by atoms with E-state index in [1.807, 2.05) is 0 Å². The van der Waals surface area contributed by atoms with Gasteiger partial charge in [-0.25, -0.2) is 0 Å². The second kappa shape index (κ2) is 5.66. The van der Waals surface area contributed by atoms with Crippen LogP contribution in [0.15, 0.2) is 0 Å². The summed E-state index contributed by atoms with van der Waals surface area (Å²) in [5.74, 6) is 0. The smallest absolute Gasteiger partial charge is 0.0196 e. The number of nitrogens with two attached hydrogens (primary N) is 2. The van der Waals surface area contributed by atoms with Gasteiger partial charge in [0, 0.05) is 51.4 Å². The molecule has 0 aromatic rings. The number of hydrogen-bond donors (Lipinski definition) is 2. The molecule has 14 heavy (non-hydrogen) atoms. The summed E-state index contributed by atoms with van der Waals surface area (Å²) in [6.07, 6.45) is 0. The Labute approximate surface area is 87.2 Å². The van der Waals surface area contributed by atoms with E-state index >= 15 is 0 Å². The van der Waals surface area contributed by atoms with Gasteiger partial charge in [0.2, 0.25) is 0 Å². The van der Waals surface area contributed by atoms with Gasteiger partial charge in [0.25, 0.3) is 0 Å². The Balaban J connectivity index is 2.44. The van der Waals surface area contributed by atoms with Gasteiger partial charge in [-0.1, -0.05) is 0 Å². The zero-order valence-electron chi connectivity index (χ0n) is 9.45. The highest BCUT2D eigenvalue weighted by atomic mass is 15.3. The van der Waals surface area contributed by atoms with Crippen LogP contribution in [0.4, 0.5) is 0 Å². The van der Waals surface area contributed by atoms with E-state index in [1.54, 1.807) is 0 Å². The summed E-state index contributed by atoms with van der Waals surface area (Å²) in [4.78, 5) is 4.94. The summed E-state index contributed by atoms with van der Waals surface area (Å²) in [5.41, 5.74) is 11.2. The minimum absolute atomic E-state index is 0.612. The van der Waals surface area contributed by atoms with E-state index in [2.05, 4.69) is 23.6 Å². The molecule has 4 N–H and O–H groups in total. The maximum atomic E-state index is 5.59. The molecular formula is C10H24N4. The van der Waals surface area contributed by atoms with Crippen molar-refractivity contribution >= 4 is 0 Å². The summed E-state index contributed by atoms with van der Waals surface area (Å²) in [5, 5.41) is 0. The SMILES string of the molecule is CC1CN(CCN)C(C)CN1CCN. The summed E-state index contributed by atoms with van der Waals surface area (Å²) in [6, 6.07) is 1.22. The largest absolute Gasteiger partial charge is 0.329 e. The van der Waals surface area contributed by atoms with Crippen molar-refractivity contribution in [3.05, 3.63) is 0 Å². The molecule has 0 bridgehead atoms. The fourth-order valence-electron chi connectivity index (χ4n) is 2.22. The van der Waals surface area contributed by atoms with Gasteiger partial charge in [-0.05, 0) is 13.8 Å². The summed E-state index contributed by atoms with van der Waals surface area (Å²) in [7, 11) is 0. The van der Waals surface area contributed by atoms with Gasteiger partial charge in [0.1, 0.15) is 0 Å². The first-order valence-electron chi connectivity index (χ1n) is 5.57. The van der Waals surface area contributed by atoms with Crippen LogP contribution in [-0.4, -0.2) is 61.2 Å². The maximum Gasteiger partial charge on any atom is 0.0196 e. The molecule has 1 aliphatic rings. The van der Waals surface area contributed by atoms with E-state index in [4.69, 9.17) is 11.5 Å². The highest BCUT2D eigenvalue weighted by Crippen LogP contribution is 2.13. The van der Waals surface area contributed by atoms with Crippen molar-refractivity contribution in [1.29, 1.82) is 0 Å². The van der Waals surface area contributed by atoms with Crippen LogP contribution in [0.25, 0.3) is 0 Å². The van der Waals surface area contributed by atoms with E-state index in [-0.39, 0.29) is 0 Å². The molecule has 4 nitrogen and oxygen atoms in total. The van der Waals surface area contributed by atoms with Crippen molar-refractivity contribution in [2.75, 3.05) is 39.3 Å². The average molecular weight is 200 g/mol. The molecule has 0 radical (unpaired) electrons. The Morgan fingerprint density at radius 1 is 0.929 bits per heavy atom. The van der Waals surface area contributed by atoms with Crippen LogP contribution in [0.2, 0.25) is 0 Å². The topological polar surface area (TPSA) is 58.5 Å². The van der Waals surface area contributed by atoms with Crippen LogP contribution in [0.5, 0.6) is 0 Å². The summed E-state index contributed by atoms with van der Waals surface area (Å²) >= 11 is 0. The minimum Gasteiger partial charge on any atom is -0.329 e. The molecule has 0 aromatic carbocycles. The van der Waals surface area contributed by atoms with Crippen LogP contribution in [0.1, 0.15) is 13.8 Å². The van der Waals surface area contributed by atoms with E-state index in [1.165, 1.54) is 0 Å². The third-order valence-electron chi connectivity index (χ3n) is 3.08. The fraction of sp³-hybridized carbons (Fsp3) is 1.00. The monoisotopic (exact) mass is 200 g/mol. The molecule has 84 valence electrons. The van der Waals surface area contributed by atoms with Gasteiger partial charge < -0.3 is 11.5 Å². The molecule has 0 spiro atoms. The number of piperazine rings is 1. The molecular weight excluding hydrogens is 176 g/mol. The Hall–Kier alpha value is -0.160. The standard InChI is InChI=1S/C10H24N4/c1-9-7-14(6-4-12)10(2)8-13(9)5-3-11/h9-10H,3-8,11-12H2,1-2H3. The average Bonchev–Trinajstić information content (AvgIpc) is 2.14. The summed E-state index contributed by atoms with van der Waals surface area (Å²) in [6.45, 7) is 10.3. The van der Waals surface area contributed by atoms with Gasteiger partial charge >= 0.3 is 0 Å². The molecule has 1 fully saturated rings. The van der Waals surface area contributed by atoms with E-state index < -0.39 is 0 Å². The van der Waals surface area contributed by atoms with Gasteiger partial charge in [-0.15, -0.1) is 0 Å². The molecule has 1 rings (SSSR count). The van der Waals surface area contributed by atoms with E-state index in [0.717, 1.165) is 39.3 Å². The number of rotatable bonds is 4. The van der Waals surface area contributed by atoms with Crippen LogP contribution in [0.3, 0.4) is 0 Å². The fourth-order valence-corrected chi connectivity index (χ4v) is 2.22. The first kappa shape index (κ1) is 11.9. The first-order valence-corrected chi connectivity index (χ1v) is 5.57. The zero-order chi connectivity index (χ0) is 10.6. The lowest BCUT2D eigenvalue weighted by Crippen LogP contribution is -2.57. The highest BCUT2D eigenvalue weighted by molar-refractivity contribution is 4.84. The van der Waals surface area contributed by atoms with Gasteiger partial charge in [0.15, 0.2) is 0 Å². The first-order chi connectivity index (χ1) is 6.69.